The summed E-state index contributed by atoms with van der Waals surface area (Å²) >= 11 is 5.95. The van der Waals surface area contributed by atoms with E-state index in [0.29, 0.717) is 5.15 Å². The normalized spacial score (nSPS) is 10.8. The van der Waals surface area contributed by atoms with Crippen LogP contribution in [0.15, 0.2) is 6.20 Å². The summed E-state index contributed by atoms with van der Waals surface area (Å²) < 4.78 is 1.64. The summed E-state index contributed by atoms with van der Waals surface area (Å²) in [5.74, 6) is 0. The van der Waals surface area contributed by atoms with E-state index in [1.165, 1.54) is 0 Å². The summed E-state index contributed by atoms with van der Waals surface area (Å²) in [6, 6.07) is 0. The van der Waals surface area contributed by atoms with Crippen LogP contribution in [0.5, 0.6) is 0 Å². The first-order valence-electron chi connectivity index (χ1n) is 4.17. The van der Waals surface area contributed by atoms with Gasteiger partial charge >= 0.3 is 0 Å². The van der Waals surface area contributed by atoms with Crippen molar-refractivity contribution in [1.82, 2.24) is 14.7 Å². The van der Waals surface area contributed by atoms with Gasteiger partial charge in [0.2, 0.25) is 0 Å². The van der Waals surface area contributed by atoms with Gasteiger partial charge in [0.15, 0.2) is 0 Å². The molecule has 13 heavy (non-hydrogen) atoms. The van der Waals surface area contributed by atoms with Crippen molar-refractivity contribution >= 4 is 17.3 Å². The number of hydrogen-bond donors (Lipinski definition) is 1. The quantitative estimate of drug-likeness (QED) is 0.793. The molecule has 0 aliphatic rings. The molecule has 0 amide bonds. The molecule has 0 aromatic carbocycles. The minimum atomic E-state index is 0.652. The molecule has 0 radical (unpaired) electrons. The third-order valence-electron chi connectivity index (χ3n) is 1.74. The summed E-state index contributed by atoms with van der Waals surface area (Å²) in [5, 5.41) is 7.88. The molecule has 1 aromatic rings. The van der Waals surface area contributed by atoms with E-state index >= 15 is 0 Å². The zero-order chi connectivity index (χ0) is 9.84. The lowest BCUT2D eigenvalue weighted by atomic mass is 10.5. The van der Waals surface area contributed by atoms with E-state index in [9.17, 15) is 0 Å². The van der Waals surface area contributed by atoms with Crippen LogP contribution < -0.4 is 5.32 Å². The maximum Gasteiger partial charge on any atom is 0.149 e. The second-order valence-electron chi connectivity index (χ2n) is 3.20. The Labute approximate surface area is 83.5 Å². The van der Waals surface area contributed by atoms with E-state index in [4.69, 9.17) is 11.6 Å². The predicted molar refractivity (Wildman–Crippen MR) is 55.3 cm³/mol. The van der Waals surface area contributed by atoms with Crippen LogP contribution in [0.3, 0.4) is 0 Å². The van der Waals surface area contributed by atoms with Crippen molar-refractivity contribution in [3.05, 3.63) is 11.3 Å². The molecular formula is C8H15ClN4. The Morgan fingerprint density at radius 3 is 2.77 bits per heavy atom. The number of aromatic nitrogens is 2. The van der Waals surface area contributed by atoms with Crippen LogP contribution in [0.25, 0.3) is 0 Å². The average Bonchev–Trinajstić information content (AvgIpc) is 2.35. The Kier molecular flexibility index (Phi) is 3.57. The fourth-order valence-corrected chi connectivity index (χ4v) is 1.11. The third-order valence-corrected chi connectivity index (χ3v) is 2.19. The smallest absolute Gasteiger partial charge is 0.149 e. The van der Waals surface area contributed by atoms with Crippen molar-refractivity contribution < 1.29 is 0 Å². The van der Waals surface area contributed by atoms with Crippen LogP contribution in [0.1, 0.15) is 0 Å². The lowest BCUT2D eigenvalue weighted by molar-refractivity contribution is 0.425. The van der Waals surface area contributed by atoms with Gasteiger partial charge in [-0.2, -0.15) is 5.10 Å². The highest BCUT2D eigenvalue weighted by Crippen LogP contribution is 2.18. The molecule has 0 spiro atoms. The zero-order valence-electron chi connectivity index (χ0n) is 8.21. The highest BCUT2D eigenvalue weighted by Gasteiger charge is 2.03. The number of halogens is 1. The summed E-state index contributed by atoms with van der Waals surface area (Å²) in [6.07, 6.45) is 1.73. The number of nitrogens with one attached hydrogen (secondary N) is 1. The van der Waals surface area contributed by atoms with Crippen LogP contribution >= 0.6 is 11.6 Å². The number of nitrogens with zero attached hydrogens (tertiary/aromatic N) is 3. The molecule has 0 unspecified atom stereocenters. The Bertz CT molecular complexity index is 269. The van der Waals surface area contributed by atoms with Crippen LogP contribution in [-0.4, -0.2) is 41.9 Å². The van der Waals surface area contributed by atoms with E-state index in [2.05, 4.69) is 15.3 Å². The summed E-state index contributed by atoms with van der Waals surface area (Å²) in [4.78, 5) is 2.11. The highest BCUT2D eigenvalue weighted by molar-refractivity contribution is 6.32. The molecule has 1 heterocycles. The zero-order valence-corrected chi connectivity index (χ0v) is 8.97. The molecule has 0 bridgehead atoms. The van der Waals surface area contributed by atoms with Gasteiger partial charge in [-0.15, -0.1) is 0 Å². The number of aryl methyl sites for hydroxylation is 1. The molecule has 5 heteroatoms. The van der Waals surface area contributed by atoms with E-state index in [1.54, 1.807) is 10.9 Å². The highest BCUT2D eigenvalue weighted by atomic mass is 35.5. The lowest BCUT2D eigenvalue weighted by Crippen LogP contribution is -2.20. The number of hydrogen-bond acceptors (Lipinski definition) is 3. The van der Waals surface area contributed by atoms with E-state index < -0.39 is 0 Å². The van der Waals surface area contributed by atoms with Gasteiger partial charge in [0.25, 0.3) is 0 Å². The molecule has 1 rings (SSSR count). The Morgan fingerprint density at radius 2 is 2.31 bits per heavy atom. The third kappa shape index (κ3) is 2.90. The van der Waals surface area contributed by atoms with E-state index in [1.807, 2.05) is 21.1 Å². The maximum absolute atomic E-state index is 5.95. The van der Waals surface area contributed by atoms with Gasteiger partial charge in [-0.25, -0.2) is 0 Å². The van der Waals surface area contributed by atoms with Crippen molar-refractivity contribution in [1.29, 1.82) is 0 Å². The molecule has 0 saturated heterocycles. The molecule has 1 N–H and O–H groups in total. The summed E-state index contributed by atoms with van der Waals surface area (Å²) in [5.41, 5.74) is 0.894. The molecule has 4 nitrogen and oxygen atoms in total. The SMILES string of the molecule is CN(C)CCNc1cnn(C)c1Cl. The number of anilines is 1. The van der Waals surface area contributed by atoms with Crippen molar-refractivity contribution in [3.8, 4) is 0 Å². The second kappa shape index (κ2) is 4.48. The van der Waals surface area contributed by atoms with Crippen molar-refractivity contribution in [3.63, 3.8) is 0 Å². The average molecular weight is 203 g/mol. The molecule has 1 aromatic heterocycles. The van der Waals surface area contributed by atoms with Crippen molar-refractivity contribution in [2.75, 3.05) is 32.5 Å². The summed E-state index contributed by atoms with van der Waals surface area (Å²) in [7, 11) is 5.89. The lowest BCUT2D eigenvalue weighted by Gasteiger charge is -2.10. The molecule has 74 valence electrons. The van der Waals surface area contributed by atoms with Crippen molar-refractivity contribution in [2.24, 2.45) is 7.05 Å². The monoisotopic (exact) mass is 202 g/mol. The maximum atomic E-state index is 5.95. The first kappa shape index (κ1) is 10.3. The van der Waals surface area contributed by atoms with Crippen LogP contribution in [0, 0.1) is 0 Å². The van der Waals surface area contributed by atoms with E-state index in [-0.39, 0.29) is 0 Å². The minimum Gasteiger partial charge on any atom is -0.380 e. The van der Waals surface area contributed by atoms with Gasteiger partial charge in [0.05, 0.1) is 11.9 Å². The number of rotatable bonds is 4. The minimum absolute atomic E-state index is 0.652. The molecule has 0 saturated carbocycles. The standard InChI is InChI=1S/C8H15ClN4/c1-12(2)5-4-10-7-6-11-13(3)8(7)9/h6,10H,4-5H2,1-3H3. The molecule has 0 aliphatic heterocycles. The fraction of sp³-hybridized carbons (Fsp3) is 0.625. The Hall–Kier alpha value is -0.740. The number of likely N-dealkylation sites (N-methyl/N-ethyl adjacent to an activating group) is 1. The second-order valence-corrected chi connectivity index (χ2v) is 3.56. The molecule has 0 atom stereocenters. The predicted octanol–water partition coefficient (Wildman–Crippen LogP) is 1.05. The van der Waals surface area contributed by atoms with Gasteiger partial charge < -0.3 is 10.2 Å². The van der Waals surface area contributed by atoms with Crippen LogP contribution in [0.2, 0.25) is 5.15 Å². The van der Waals surface area contributed by atoms with Gasteiger partial charge in [0, 0.05) is 20.1 Å². The molecule has 0 aliphatic carbocycles. The molecular weight excluding hydrogens is 188 g/mol. The largest absolute Gasteiger partial charge is 0.380 e. The van der Waals surface area contributed by atoms with Gasteiger partial charge in [-0.1, -0.05) is 11.6 Å². The van der Waals surface area contributed by atoms with E-state index in [0.717, 1.165) is 18.8 Å². The Morgan fingerprint density at radius 1 is 1.62 bits per heavy atom. The first-order valence-corrected chi connectivity index (χ1v) is 4.55. The van der Waals surface area contributed by atoms with Crippen LogP contribution in [-0.2, 0) is 7.05 Å². The first-order chi connectivity index (χ1) is 6.11. The fourth-order valence-electron chi connectivity index (χ4n) is 0.955. The van der Waals surface area contributed by atoms with Crippen molar-refractivity contribution in [2.45, 2.75) is 0 Å². The van der Waals surface area contributed by atoms with Gasteiger partial charge in [-0.3, -0.25) is 4.68 Å². The topological polar surface area (TPSA) is 33.1 Å². The van der Waals surface area contributed by atoms with Gasteiger partial charge in [-0.05, 0) is 14.1 Å². The van der Waals surface area contributed by atoms with Gasteiger partial charge in [0.1, 0.15) is 5.15 Å². The Balaban J connectivity index is 2.41. The van der Waals surface area contributed by atoms with Crippen LogP contribution in [0.4, 0.5) is 5.69 Å². The summed E-state index contributed by atoms with van der Waals surface area (Å²) in [6.45, 7) is 1.85. The molecule has 0 fully saturated rings.